The Kier molecular flexibility index (Phi) is 6.52. The van der Waals surface area contributed by atoms with Crippen LogP contribution < -0.4 is 14.3 Å². The van der Waals surface area contributed by atoms with Crippen LogP contribution in [0.4, 0.5) is 4.79 Å². The quantitative estimate of drug-likeness (QED) is 0.691. The van der Waals surface area contributed by atoms with Crippen molar-refractivity contribution in [1.82, 2.24) is 14.7 Å². The third kappa shape index (κ3) is 5.03. The zero-order valence-electron chi connectivity index (χ0n) is 17.6. The number of rotatable bonds is 8. The summed E-state index contributed by atoms with van der Waals surface area (Å²) in [5.41, 5.74) is 2.93. The summed E-state index contributed by atoms with van der Waals surface area (Å²) in [5.74, 6) is 1.49. The molecule has 1 atom stereocenters. The number of aryl methyl sites for hydroxylation is 1. The predicted octanol–water partition coefficient (Wildman–Crippen LogP) is 2.50. The fraction of sp³-hybridized carbons (Fsp3) is 0.381. The lowest BCUT2D eigenvalue weighted by atomic mass is 10.0. The van der Waals surface area contributed by atoms with Crippen LogP contribution in [0.3, 0.4) is 0 Å². The van der Waals surface area contributed by atoms with Crippen molar-refractivity contribution in [2.45, 2.75) is 19.4 Å². The molecule has 0 spiro atoms. The summed E-state index contributed by atoms with van der Waals surface area (Å²) >= 11 is 0. The highest BCUT2D eigenvalue weighted by molar-refractivity contribution is 7.88. The highest BCUT2D eigenvalue weighted by Gasteiger charge is 2.39. The highest BCUT2D eigenvalue weighted by Crippen LogP contribution is 2.32. The Morgan fingerprint density at radius 2 is 1.80 bits per heavy atom. The SMILES string of the molecule is COc1ccc(CCN2C(=O)N(NS(C)(=O)=O)CC2c2ccc(C)c(OC)c2)cc1. The molecule has 1 N–H and O–H groups in total. The second kappa shape index (κ2) is 8.93. The van der Waals surface area contributed by atoms with Gasteiger partial charge < -0.3 is 14.4 Å². The van der Waals surface area contributed by atoms with Crippen molar-refractivity contribution < 1.29 is 22.7 Å². The molecule has 1 saturated heterocycles. The molecule has 1 unspecified atom stereocenters. The van der Waals surface area contributed by atoms with Crippen LogP contribution in [0.1, 0.15) is 22.7 Å². The third-order valence-corrected chi connectivity index (χ3v) is 5.65. The van der Waals surface area contributed by atoms with Crippen molar-refractivity contribution in [1.29, 1.82) is 0 Å². The van der Waals surface area contributed by atoms with Gasteiger partial charge >= 0.3 is 6.03 Å². The smallest absolute Gasteiger partial charge is 0.335 e. The number of urea groups is 1. The van der Waals surface area contributed by atoms with Crippen LogP contribution in [-0.2, 0) is 16.4 Å². The molecule has 0 saturated carbocycles. The van der Waals surface area contributed by atoms with E-state index in [9.17, 15) is 13.2 Å². The topological polar surface area (TPSA) is 88.2 Å². The fourth-order valence-electron chi connectivity index (χ4n) is 3.54. The first-order valence-electron chi connectivity index (χ1n) is 9.55. The molecule has 1 fully saturated rings. The minimum atomic E-state index is -3.57. The van der Waals surface area contributed by atoms with E-state index in [1.165, 1.54) is 0 Å². The monoisotopic (exact) mass is 433 g/mol. The molecule has 1 aliphatic rings. The number of carbonyl (C=O) groups excluding carboxylic acids is 1. The van der Waals surface area contributed by atoms with Gasteiger partial charge in [0.15, 0.2) is 0 Å². The number of amides is 2. The van der Waals surface area contributed by atoms with Crippen molar-refractivity contribution in [3.63, 3.8) is 0 Å². The van der Waals surface area contributed by atoms with Crippen molar-refractivity contribution >= 4 is 16.1 Å². The van der Waals surface area contributed by atoms with Gasteiger partial charge in [0, 0.05) is 6.54 Å². The lowest BCUT2D eigenvalue weighted by Crippen LogP contribution is -2.44. The molecule has 1 aliphatic heterocycles. The van der Waals surface area contributed by atoms with Gasteiger partial charge in [-0.15, -0.1) is 4.83 Å². The van der Waals surface area contributed by atoms with Crippen LogP contribution in [0.5, 0.6) is 11.5 Å². The largest absolute Gasteiger partial charge is 0.497 e. The van der Waals surface area contributed by atoms with E-state index in [1.807, 2.05) is 49.4 Å². The van der Waals surface area contributed by atoms with Gasteiger partial charge in [-0.3, -0.25) is 0 Å². The predicted molar refractivity (Wildman–Crippen MR) is 114 cm³/mol. The standard InChI is InChI=1S/C21H27N3O5S/c1-15-5-8-17(13-20(15)29-3)19-14-24(22-30(4,26)27)21(25)23(19)12-11-16-6-9-18(28-2)10-7-16/h5-10,13,19,22H,11-12,14H2,1-4H3. The first kappa shape index (κ1) is 21.9. The average Bonchev–Trinajstić information content (AvgIpc) is 3.01. The Hall–Kier alpha value is -2.78. The molecule has 0 radical (unpaired) electrons. The highest BCUT2D eigenvalue weighted by atomic mass is 32.2. The maximum absolute atomic E-state index is 13.0. The number of nitrogens with one attached hydrogen (secondary N) is 1. The number of hydrogen-bond acceptors (Lipinski definition) is 5. The van der Waals surface area contributed by atoms with Gasteiger partial charge in [0.2, 0.25) is 10.0 Å². The van der Waals surface area contributed by atoms with Crippen LogP contribution in [-0.4, -0.2) is 57.9 Å². The first-order chi connectivity index (χ1) is 14.2. The number of carbonyl (C=O) groups is 1. The average molecular weight is 434 g/mol. The molecule has 2 aromatic rings. The molecule has 1 heterocycles. The maximum Gasteiger partial charge on any atom is 0.335 e. The maximum atomic E-state index is 13.0. The van der Waals surface area contributed by atoms with Crippen LogP contribution >= 0.6 is 0 Å². The van der Waals surface area contributed by atoms with Crippen molar-refractivity contribution in [3.05, 3.63) is 59.2 Å². The van der Waals surface area contributed by atoms with E-state index in [0.717, 1.165) is 39.5 Å². The van der Waals surface area contributed by atoms with Gasteiger partial charge in [-0.05, 0) is 48.2 Å². The minimum absolute atomic E-state index is 0.209. The summed E-state index contributed by atoms with van der Waals surface area (Å²) in [5, 5.41) is 1.15. The summed E-state index contributed by atoms with van der Waals surface area (Å²) in [4.78, 5) is 17.0. The van der Waals surface area contributed by atoms with E-state index in [4.69, 9.17) is 9.47 Å². The Labute approximate surface area is 177 Å². The number of hydrazine groups is 1. The van der Waals surface area contributed by atoms with Gasteiger partial charge in [0.25, 0.3) is 0 Å². The van der Waals surface area contributed by atoms with Crippen LogP contribution in [0, 0.1) is 6.92 Å². The van der Waals surface area contributed by atoms with Crippen LogP contribution in [0.2, 0.25) is 0 Å². The molecule has 0 aromatic heterocycles. The molecule has 2 aromatic carbocycles. The van der Waals surface area contributed by atoms with Crippen molar-refractivity contribution in [3.8, 4) is 11.5 Å². The summed E-state index contributed by atoms with van der Waals surface area (Å²) in [6.45, 7) is 2.59. The number of ether oxygens (including phenoxy) is 2. The Bertz CT molecular complexity index is 1010. The molecule has 30 heavy (non-hydrogen) atoms. The van der Waals surface area contributed by atoms with Gasteiger partial charge in [-0.2, -0.15) is 0 Å². The fourth-order valence-corrected chi connectivity index (χ4v) is 4.09. The summed E-state index contributed by atoms with van der Waals surface area (Å²) in [7, 11) is -0.359. The van der Waals surface area contributed by atoms with Crippen molar-refractivity contribution in [2.75, 3.05) is 33.6 Å². The Morgan fingerprint density at radius 1 is 1.10 bits per heavy atom. The zero-order chi connectivity index (χ0) is 21.9. The molecule has 3 rings (SSSR count). The summed E-state index contributed by atoms with van der Waals surface area (Å²) in [6.07, 6.45) is 1.66. The lowest BCUT2D eigenvalue weighted by molar-refractivity contribution is 0.182. The molecular weight excluding hydrogens is 406 g/mol. The van der Waals surface area contributed by atoms with E-state index in [1.54, 1.807) is 19.1 Å². The van der Waals surface area contributed by atoms with E-state index >= 15 is 0 Å². The van der Waals surface area contributed by atoms with E-state index < -0.39 is 10.0 Å². The van der Waals surface area contributed by atoms with Crippen LogP contribution in [0.25, 0.3) is 0 Å². The van der Waals surface area contributed by atoms with Gasteiger partial charge in [-0.25, -0.2) is 18.2 Å². The number of sulfonamides is 1. The number of benzene rings is 2. The molecule has 2 amide bonds. The molecule has 0 bridgehead atoms. The zero-order valence-corrected chi connectivity index (χ0v) is 18.4. The molecule has 8 nitrogen and oxygen atoms in total. The first-order valence-corrected chi connectivity index (χ1v) is 11.4. The lowest BCUT2D eigenvalue weighted by Gasteiger charge is -2.24. The minimum Gasteiger partial charge on any atom is -0.497 e. The Balaban J connectivity index is 1.85. The summed E-state index contributed by atoms with van der Waals surface area (Å²) in [6, 6.07) is 12.8. The van der Waals surface area contributed by atoms with E-state index in [2.05, 4.69) is 4.83 Å². The van der Waals surface area contributed by atoms with Gasteiger partial charge in [0.05, 0.1) is 33.1 Å². The normalized spacial score (nSPS) is 16.8. The number of methoxy groups -OCH3 is 2. The molecule has 162 valence electrons. The molecule has 9 heteroatoms. The van der Waals surface area contributed by atoms with Gasteiger partial charge in [-0.1, -0.05) is 24.3 Å². The second-order valence-electron chi connectivity index (χ2n) is 7.29. The van der Waals surface area contributed by atoms with Crippen LogP contribution in [0.15, 0.2) is 42.5 Å². The van der Waals surface area contributed by atoms with E-state index in [0.29, 0.717) is 13.0 Å². The Morgan fingerprint density at radius 3 is 2.40 bits per heavy atom. The second-order valence-corrected chi connectivity index (χ2v) is 9.02. The van der Waals surface area contributed by atoms with E-state index in [-0.39, 0.29) is 18.6 Å². The number of hydrogen-bond donors (Lipinski definition) is 1. The summed E-state index contributed by atoms with van der Waals surface area (Å²) < 4.78 is 34.0. The van der Waals surface area contributed by atoms with Gasteiger partial charge in [0.1, 0.15) is 11.5 Å². The van der Waals surface area contributed by atoms with Crippen molar-refractivity contribution in [2.24, 2.45) is 0 Å². The molecule has 0 aliphatic carbocycles. The number of nitrogens with zero attached hydrogens (tertiary/aromatic N) is 2. The molecular formula is C21H27N3O5S. The third-order valence-electron chi connectivity index (χ3n) is 5.10.